The number of benzene rings is 1. The maximum Gasteiger partial charge on any atom is 0.303 e. The fraction of sp³-hybridized carbons (Fsp3) is 0.600. The van der Waals surface area contributed by atoms with Gasteiger partial charge >= 0.3 is 5.97 Å². The molecule has 2 rings (SSSR count). The molecule has 11 heteroatoms. The summed E-state index contributed by atoms with van der Waals surface area (Å²) in [7, 11) is -8.57. The van der Waals surface area contributed by atoms with Gasteiger partial charge in [0, 0.05) is 31.4 Å². The summed E-state index contributed by atoms with van der Waals surface area (Å²) in [5.41, 5.74) is 1.76. The van der Waals surface area contributed by atoms with E-state index in [2.05, 4.69) is 0 Å². The Bertz CT molecular complexity index is 1090. The molecule has 2 unspecified atom stereocenters. The highest BCUT2D eigenvalue weighted by molar-refractivity contribution is 7.86. The minimum atomic E-state index is -4.40. The van der Waals surface area contributed by atoms with E-state index in [1.807, 2.05) is 18.4 Å². The van der Waals surface area contributed by atoms with Crippen LogP contribution in [0.2, 0.25) is 0 Å². The molecule has 1 aliphatic heterocycles. The average Bonchev–Trinajstić information content (AvgIpc) is 2.85. The highest BCUT2D eigenvalue weighted by atomic mass is 32.2. The summed E-state index contributed by atoms with van der Waals surface area (Å²) < 4.78 is 66.8. The second-order valence-electron chi connectivity index (χ2n) is 8.29. The Morgan fingerprint density at radius 1 is 1.13 bits per heavy atom. The molecule has 0 saturated heterocycles. The van der Waals surface area contributed by atoms with Gasteiger partial charge in [-0.25, -0.2) is 0 Å². The van der Waals surface area contributed by atoms with E-state index in [1.54, 1.807) is 6.07 Å². The molecule has 0 aromatic heterocycles. The number of carbonyl (C=O) groups is 1. The molecule has 1 aromatic carbocycles. The summed E-state index contributed by atoms with van der Waals surface area (Å²) >= 11 is 0. The molecular formula is C20H30NO8S2+. The molecule has 0 bridgehead atoms. The second kappa shape index (κ2) is 9.35. The Balaban J connectivity index is 2.38. The molecule has 1 aromatic rings. The fourth-order valence-electron chi connectivity index (χ4n) is 4.02. The van der Waals surface area contributed by atoms with Gasteiger partial charge in [0.2, 0.25) is 5.69 Å². The van der Waals surface area contributed by atoms with Crippen LogP contribution < -0.4 is 0 Å². The molecule has 0 spiro atoms. The lowest BCUT2D eigenvalue weighted by atomic mass is 9.76. The topological polar surface area (TPSA) is 149 Å². The number of aliphatic carboxylic acids is 1. The summed E-state index contributed by atoms with van der Waals surface area (Å²) in [5, 5.41) is 7.84. The lowest BCUT2D eigenvalue weighted by Gasteiger charge is -2.22. The molecule has 31 heavy (non-hydrogen) atoms. The molecule has 0 amide bonds. The van der Waals surface area contributed by atoms with Gasteiger partial charge in [-0.1, -0.05) is 12.8 Å². The van der Waals surface area contributed by atoms with Crippen molar-refractivity contribution in [3.8, 4) is 0 Å². The van der Waals surface area contributed by atoms with E-state index >= 15 is 0 Å². The normalized spacial score (nSPS) is 20.0. The third-order valence-corrected chi connectivity index (χ3v) is 8.29. The van der Waals surface area contributed by atoms with Crippen molar-refractivity contribution < 1.29 is 40.4 Å². The van der Waals surface area contributed by atoms with Gasteiger partial charge in [-0.15, -0.1) is 0 Å². The Morgan fingerprint density at radius 2 is 1.77 bits per heavy atom. The minimum absolute atomic E-state index is 0.0859. The van der Waals surface area contributed by atoms with Gasteiger partial charge in [-0.3, -0.25) is 13.9 Å². The van der Waals surface area contributed by atoms with E-state index in [-0.39, 0.29) is 17.7 Å². The zero-order chi connectivity index (χ0) is 23.6. The summed E-state index contributed by atoms with van der Waals surface area (Å²) in [6, 6.07) is 4.34. The number of hydrogen-bond acceptors (Lipinski definition) is 5. The van der Waals surface area contributed by atoms with Gasteiger partial charge in [-0.2, -0.15) is 21.4 Å². The number of rotatable bonds is 11. The van der Waals surface area contributed by atoms with Crippen LogP contribution in [0.15, 0.2) is 23.1 Å². The van der Waals surface area contributed by atoms with Crippen molar-refractivity contribution in [3.63, 3.8) is 0 Å². The smallest absolute Gasteiger partial charge is 0.303 e. The first-order valence-electron chi connectivity index (χ1n) is 10.1. The Hall–Kier alpha value is -1.82. The van der Waals surface area contributed by atoms with Crippen LogP contribution in [0.4, 0.5) is 5.69 Å². The number of hydrogen-bond donors (Lipinski definition) is 3. The van der Waals surface area contributed by atoms with E-state index in [4.69, 9.17) is 5.11 Å². The maximum atomic E-state index is 11.7. The molecule has 2 atom stereocenters. The predicted octanol–water partition coefficient (Wildman–Crippen LogP) is 3.01. The molecular weight excluding hydrogens is 446 g/mol. The summed E-state index contributed by atoms with van der Waals surface area (Å²) in [6.45, 7) is 5.57. The van der Waals surface area contributed by atoms with Crippen LogP contribution in [0.1, 0.15) is 64.9 Å². The monoisotopic (exact) mass is 476 g/mol. The quantitative estimate of drug-likeness (QED) is 0.251. The van der Waals surface area contributed by atoms with E-state index < -0.39 is 36.9 Å². The van der Waals surface area contributed by atoms with Crippen molar-refractivity contribution >= 4 is 37.6 Å². The summed E-state index contributed by atoms with van der Waals surface area (Å²) in [5.74, 6) is -0.850. The van der Waals surface area contributed by atoms with E-state index in [0.29, 0.717) is 37.8 Å². The molecule has 3 N–H and O–H groups in total. The number of unbranched alkanes of at least 4 members (excludes halogenated alkanes) is 2. The maximum absolute atomic E-state index is 11.7. The first-order chi connectivity index (χ1) is 14.2. The third-order valence-electron chi connectivity index (χ3n) is 6.19. The zero-order valence-electron chi connectivity index (χ0n) is 17.9. The van der Waals surface area contributed by atoms with Crippen LogP contribution in [0, 0.1) is 0 Å². The first kappa shape index (κ1) is 25.4. The van der Waals surface area contributed by atoms with Crippen LogP contribution in [0.3, 0.4) is 0 Å². The van der Waals surface area contributed by atoms with Crippen molar-refractivity contribution in [2.24, 2.45) is 0 Å². The zero-order valence-corrected chi connectivity index (χ0v) is 19.5. The lowest BCUT2D eigenvalue weighted by molar-refractivity contribution is -0.439. The van der Waals surface area contributed by atoms with Crippen LogP contribution >= 0.6 is 0 Å². The number of nitrogens with zero attached hydrogens (tertiary/aromatic N) is 1. The molecule has 9 nitrogen and oxygen atoms in total. The van der Waals surface area contributed by atoms with Crippen molar-refractivity contribution in [2.45, 2.75) is 74.9 Å². The van der Waals surface area contributed by atoms with Crippen LogP contribution in [-0.4, -0.2) is 59.1 Å². The van der Waals surface area contributed by atoms with Gasteiger partial charge in [0.05, 0.1) is 15.6 Å². The standard InChI is InChI=1S/C20H29NO8S2/c1-14(30(24,25)26)10-12-21-15(2)20(3,11-6-4-5-7-19(22)23)17-13-16(31(27,28)29)8-9-18(17)21/h8-9,13-14H,4-7,10-12H2,1-3H3,(H2-,22,23,24,25,26,27,28,29)/p+1. The summed E-state index contributed by atoms with van der Waals surface area (Å²) in [6.07, 6.45) is 2.84. The first-order valence-corrected chi connectivity index (χ1v) is 13.0. The molecule has 0 aliphatic carbocycles. The van der Waals surface area contributed by atoms with Gasteiger partial charge in [-0.05, 0) is 38.8 Å². The van der Waals surface area contributed by atoms with E-state index in [1.165, 1.54) is 19.1 Å². The van der Waals surface area contributed by atoms with Crippen molar-refractivity contribution in [1.82, 2.24) is 0 Å². The minimum Gasteiger partial charge on any atom is -0.481 e. The molecule has 1 aliphatic rings. The van der Waals surface area contributed by atoms with Crippen LogP contribution in [0.25, 0.3) is 0 Å². The Labute approximate surface area is 183 Å². The number of carboxylic acids is 1. The Morgan fingerprint density at radius 3 is 2.32 bits per heavy atom. The third kappa shape index (κ3) is 5.91. The largest absolute Gasteiger partial charge is 0.481 e. The molecule has 174 valence electrons. The molecule has 0 radical (unpaired) electrons. The molecule has 0 saturated carbocycles. The van der Waals surface area contributed by atoms with Gasteiger partial charge in [0.15, 0.2) is 5.71 Å². The average molecular weight is 477 g/mol. The summed E-state index contributed by atoms with van der Waals surface area (Å²) in [4.78, 5) is 10.5. The van der Waals surface area contributed by atoms with Crippen molar-refractivity contribution in [1.29, 1.82) is 0 Å². The molecule has 1 heterocycles. The van der Waals surface area contributed by atoms with Gasteiger partial charge in [0.1, 0.15) is 6.54 Å². The van der Waals surface area contributed by atoms with Crippen molar-refractivity contribution in [3.05, 3.63) is 23.8 Å². The van der Waals surface area contributed by atoms with Crippen LogP contribution in [0.5, 0.6) is 0 Å². The Kier molecular flexibility index (Phi) is 7.68. The number of fused-ring (bicyclic) bond motifs is 1. The second-order valence-corrected chi connectivity index (χ2v) is 11.5. The van der Waals surface area contributed by atoms with E-state index in [9.17, 15) is 30.7 Å². The highest BCUT2D eigenvalue weighted by Crippen LogP contribution is 2.44. The molecule has 0 fully saturated rings. The highest BCUT2D eigenvalue weighted by Gasteiger charge is 2.46. The van der Waals surface area contributed by atoms with Crippen molar-refractivity contribution in [2.75, 3.05) is 6.54 Å². The lowest BCUT2D eigenvalue weighted by Crippen LogP contribution is -2.31. The fourth-order valence-corrected chi connectivity index (χ4v) is 4.93. The van der Waals surface area contributed by atoms with Crippen LogP contribution in [-0.2, 0) is 30.4 Å². The predicted molar refractivity (Wildman–Crippen MR) is 115 cm³/mol. The van der Waals surface area contributed by atoms with Gasteiger partial charge in [0.25, 0.3) is 20.2 Å². The SMILES string of the molecule is CC1=[N+](CCC(C)S(=O)(=O)O)c2ccc(S(=O)(=O)O)cc2C1(C)CCCCCC(=O)O. The van der Waals surface area contributed by atoms with E-state index in [0.717, 1.165) is 11.4 Å². The number of carboxylic acid groups (broad SMARTS) is 1. The van der Waals surface area contributed by atoms with Gasteiger partial charge < -0.3 is 5.11 Å².